The second-order valence-corrected chi connectivity index (χ2v) is 7.09. The van der Waals surface area contributed by atoms with Crippen LogP contribution in [0.4, 0.5) is 0 Å². The first kappa shape index (κ1) is 18.2. The number of amides is 2. The maximum absolute atomic E-state index is 12.3. The quantitative estimate of drug-likeness (QED) is 0.762. The molecule has 2 saturated heterocycles. The summed E-state index contributed by atoms with van der Waals surface area (Å²) in [7, 11) is 0. The molecule has 1 aromatic rings. The van der Waals surface area contributed by atoms with Crippen molar-refractivity contribution in [3.63, 3.8) is 0 Å². The van der Waals surface area contributed by atoms with Gasteiger partial charge in [0, 0.05) is 18.2 Å². The van der Waals surface area contributed by atoms with Gasteiger partial charge in [-0.1, -0.05) is 23.7 Å². The molecule has 0 aromatic heterocycles. The standard InChI is InChI=1S/C18H24ClN3O3/c19-15-5-3-14(4-6-15)12-20-17(23)13-21-7-9-22(10-8-21)18(24)16-2-1-11-25-16/h3-6,16H,1-2,7-13H2,(H,20,23)/p+1/t16-/m0/s1. The number of hydrogen-bond acceptors (Lipinski definition) is 3. The SMILES string of the molecule is O=C(C[NH+]1CCN(C(=O)[C@@H]2CCCO2)CC1)NCc1ccc(Cl)cc1. The Morgan fingerprint density at radius 3 is 2.60 bits per heavy atom. The number of carbonyl (C=O) groups is 2. The van der Waals surface area contributed by atoms with Crippen LogP contribution in [-0.2, 0) is 20.9 Å². The molecule has 2 fully saturated rings. The highest BCUT2D eigenvalue weighted by Crippen LogP contribution is 2.14. The van der Waals surface area contributed by atoms with E-state index in [1.54, 1.807) is 0 Å². The Balaban J connectivity index is 1.37. The maximum atomic E-state index is 12.3. The molecule has 0 bridgehead atoms. The third-order valence-electron chi connectivity index (χ3n) is 4.80. The number of hydrogen-bond donors (Lipinski definition) is 2. The molecule has 6 nitrogen and oxygen atoms in total. The van der Waals surface area contributed by atoms with E-state index in [0.717, 1.165) is 31.5 Å². The van der Waals surface area contributed by atoms with E-state index in [9.17, 15) is 9.59 Å². The van der Waals surface area contributed by atoms with Crippen molar-refractivity contribution in [3.05, 3.63) is 34.9 Å². The van der Waals surface area contributed by atoms with Gasteiger partial charge in [-0.2, -0.15) is 0 Å². The summed E-state index contributed by atoms with van der Waals surface area (Å²) in [5.41, 5.74) is 1.03. The lowest BCUT2D eigenvalue weighted by molar-refractivity contribution is -0.896. The molecule has 1 atom stereocenters. The topological polar surface area (TPSA) is 63.1 Å². The molecule has 0 aliphatic carbocycles. The highest BCUT2D eigenvalue weighted by Gasteiger charge is 2.31. The van der Waals surface area contributed by atoms with E-state index >= 15 is 0 Å². The molecule has 2 aliphatic heterocycles. The normalized spacial score (nSPS) is 21.3. The Kier molecular flexibility index (Phi) is 6.29. The number of ether oxygens (including phenoxy) is 1. The molecule has 0 unspecified atom stereocenters. The van der Waals surface area contributed by atoms with Gasteiger partial charge in [-0.3, -0.25) is 9.59 Å². The van der Waals surface area contributed by atoms with Gasteiger partial charge in [0.2, 0.25) is 0 Å². The Bertz CT molecular complexity index is 594. The second kappa shape index (κ2) is 8.65. The number of rotatable bonds is 5. The molecule has 7 heteroatoms. The second-order valence-electron chi connectivity index (χ2n) is 6.66. The third kappa shape index (κ3) is 5.17. The van der Waals surface area contributed by atoms with Crippen molar-refractivity contribution in [1.29, 1.82) is 0 Å². The molecular weight excluding hydrogens is 342 g/mol. The van der Waals surface area contributed by atoms with Crippen molar-refractivity contribution in [1.82, 2.24) is 10.2 Å². The van der Waals surface area contributed by atoms with Gasteiger partial charge in [-0.25, -0.2) is 0 Å². The van der Waals surface area contributed by atoms with Gasteiger partial charge < -0.3 is 19.9 Å². The molecule has 1 aromatic carbocycles. The van der Waals surface area contributed by atoms with Crippen molar-refractivity contribution in [2.75, 3.05) is 39.3 Å². The lowest BCUT2D eigenvalue weighted by Gasteiger charge is -2.33. The molecule has 2 amide bonds. The van der Waals surface area contributed by atoms with E-state index in [1.165, 1.54) is 4.90 Å². The average molecular weight is 367 g/mol. The maximum Gasteiger partial charge on any atom is 0.275 e. The van der Waals surface area contributed by atoms with Crippen LogP contribution >= 0.6 is 11.6 Å². The summed E-state index contributed by atoms with van der Waals surface area (Å²) in [4.78, 5) is 27.5. The van der Waals surface area contributed by atoms with Crippen molar-refractivity contribution < 1.29 is 19.2 Å². The first-order valence-electron chi connectivity index (χ1n) is 8.87. The van der Waals surface area contributed by atoms with E-state index in [2.05, 4.69) is 5.32 Å². The van der Waals surface area contributed by atoms with Crippen LogP contribution in [0, 0.1) is 0 Å². The van der Waals surface area contributed by atoms with E-state index in [1.807, 2.05) is 29.2 Å². The number of nitrogens with zero attached hydrogens (tertiary/aromatic N) is 1. The Hall–Kier alpha value is -1.63. The Labute approximate surface area is 153 Å². The number of nitrogens with one attached hydrogen (secondary N) is 2. The number of halogens is 1. The Morgan fingerprint density at radius 2 is 1.96 bits per heavy atom. The summed E-state index contributed by atoms with van der Waals surface area (Å²) in [6.45, 7) is 4.62. The van der Waals surface area contributed by atoms with Crippen molar-refractivity contribution >= 4 is 23.4 Å². The van der Waals surface area contributed by atoms with Crippen molar-refractivity contribution in [2.24, 2.45) is 0 Å². The zero-order chi connectivity index (χ0) is 17.6. The molecule has 3 rings (SSSR count). The molecule has 25 heavy (non-hydrogen) atoms. The summed E-state index contributed by atoms with van der Waals surface area (Å²) in [6, 6.07) is 7.45. The smallest absolute Gasteiger partial charge is 0.275 e. The first-order valence-corrected chi connectivity index (χ1v) is 9.25. The Morgan fingerprint density at radius 1 is 1.24 bits per heavy atom. The molecule has 2 heterocycles. The predicted octanol–water partition coefficient (Wildman–Crippen LogP) is -0.138. The summed E-state index contributed by atoms with van der Waals surface area (Å²) < 4.78 is 5.47. The minimum atomic E-state index is -0.246. The molecule has 0 saturated carbocycles. The van der Waals surface area contributed by atoms with Crippen LogP contribution in [-0.4, -0.2) is 62.1 Å². The average Bonchev–Trinajstić information content (AvgIpc) is 3.16. The van der Waals surface area contributed by atoms with Crippen LogP contribution in [0.25, 0.3) is 0 Å². The number of quaternary nitrogens is 1. The van der Waals surface area contributed by atoms with E-state index in [-0.39, 0.29) is 17.9 Å². The minimum Gasteiger partial charge on any atom is -0.368 e. The fourth-order valence-corrected chi connectivity index (χ4v) is 3.41. The molecule has 0 radical (unpaired) electrons. The van der Waals surface area contributed by atoms with Crippen LogP contribution in [0.15, 0.2) is 24.3 Å². The number of benzene rings is 1. The van der Waals surface area contributed by atoms with Gasteiger partial charge in [0.05, 0.1) is 26.2 Å². The van der Waals surface area contributed by atoms with Crippen molar-refractivity contribution in [2.45, 2.75) is 25.5 Å². The molecule has 0 spiro atoms. The van der Waals surface area contributed by atoms with Gasteiger partial charge >= 0.3 is 0 Å². The zero-order valence-corrected chi connectivity index (χ0v) is 15.1. The van der Waals surface area contributed by atoms with Gasteiger partial charge in [0.1, 0.15) is 6.10 Å². The first-order chi connectivity index (χ1) is 12.1. The fourth-order valence-electron chi connectivity index (χ4n) is 3.29. The largest absolute Gasteiger partial charge is 0.368 e. The number of piperazine rings is 1. The predicted molar refractivity (Wildman–Crippen MR) is 94.4 cm³/mol. The van der Waals surface area contributed by atoms with E-state index in [0.29, 0.717) is 37.8 Å². The fraction of sp³-hybridized carbons (Fsp3) is 0.556. The summed E-state index contributed by atoms with van der Waals surface area (Å²) >= 11 is 5.85. The highest BCUT2D eigenvalue weighted by atomic mass is 35.5. The molecule has 2 N–H and O–H groups in total. The van der Waals surface area contributed by atoms with Gasteiger partial charge in [-0.05, 0) is 30.5 Å². The lowest BCUT2D eigenvalue weighted by atomic mass is 10.2. The molecule has 136 valence electrons. The highest BCUT2D eigenvalue weighted by molar-refractivity contribution is 6.30. The minimum absolute atomic E-state index is 0.0313. The van der Waals surface area contributed by atoms with E-state index in [4.69, 9.17) is 16.3 Å². The zero-order valence-electron chi connectivity index (χ0n) is 14.3. The van der Waals surface area contributed by atoms with Gasteiger partial charge in [0.15, 0.2) is 6.54 Å². The van der Waals surface area contributed by atoms with Crippen LogP contribution in [0.2, 0.25) is 5.02 Å². The summed E-state index contributed by atoms with van der Waals surface area (Å²) in [5, 5.41) is 3.63. The van der Waals surface area contributed by atoms with Crippen LogP contribution in [0.1, 0.15) is 18.4 Å². The van der Waals surface area contributed by atoms with Gasteiger partial charge in [0.25, 0.3) is 11.8 Å². The van der Waals surface area contributed by atoms with Crippen LogP contribution < -0.4 is 10.2 Å². The van der Waals surface area contributed by atoms with Crippen LogP contribution in [0.5, 0.6) is 0 Å². The molecule has 2 aliphatic rings. The third-order valence-corrected chi connectivity index (χ3v) is 5.05. The lowest BCUT2D eigenvalue weighted by Crippen LogP contribution is -3.15. The monoisotopic (exact) mass is 366 g/mol. The number of carbonyl (C=O) groups excluding carboxylic acids is 2. The van der Waals surface area contributed by atoms with E-state index < -0.39 is 0 Å². The summed E-state index contributed by atoms with van der Waals surface area (Å²) in [5.74, 6) is 0.146. The van der Waals surface area contributed by atoms with Crippen LogP contribution in [0.3, 0.4) is 0 Å². The summed E-state index contributed by atoms with van der Waals surface area (Å²) in [6.07, 6.45) is 1.55. The molecular formula is C18H25ClN3O3+. The van der Waals surface area contributed by atoms with Gasteiger partial charge in [-0.15, -0.1) is 0 Å². The van der Waals surface area contributed by atoms with Crippen molar-refractivity contribution in [3.8, 4) is 0 Å².